The monoisotopic (exact) mass is 445 g/mol. The third-order valence-electron chi connectivity index (χ3n) is 3.87. The summed E-state index contributed by atoms with van der Waals surface area (Å²) in [6.07, 6.45) is 1.92. The largest absolute Gasteiger partial charge is 0.493 e. The van der Waals surface area contributed by atoms with Crippen molar-refractivity contribution < 1.29 is 19.1 Å². The number of halogens is 1. The van der Waals surface area contributed by atoms with Gasteiger partial charge in [-0.2, -0.15) is 0 Å². The van der Waals surface area contributed by atoms with Gasteiger partial charge in [0.1, 0.15) is 17.2 Å². The Morgan fingerprint density at radius 2 is 1.96 bits per heavy atom. The van der Waals surface area contributed by atoms with Gasteiger partial charge in [-0.25, -0.2) is 4.98 Å². The van der Waals surface area contributed by atoms with Crippen molar-refractivity contribution in [2.45, 2.75) is 19.8 Å². The molecule has 0 fully saturated rings. The minimum absolute atomic E-state index is 0.0245. The topological polar surface area (TPSA) is 81.9 Å². The van der Waals surface area contributed by atoms with Crippen LogP contribution in [0.25, 0.3) is 5.65 Å². The van der Waals surface area contributed by atoms with Gasteiger partial charge in [0.25, 0.3) is 0 Å². The molecule has 0 saturated heterocycles. The van der Waals surface area contributed by atoms with E-state index >= 15 is 0 Å². The van der Waals surface area contributed by atoms with Crippen LogP contribution in [0.2, 0.25) is 0 Å². The molecular weight excluding hydrogens is 426 g/mol. The Kier molecular flexibility index (Phi) is 6.65. The predicted octanol–water partition coefficient (Wildman–Crippen LogP) is 3.61. The maximum Gasteiger partial charge on any atom is 0.312 e. The minimum Gasteiger partial charge on any atom is -0.493 e. The first-order chi connectivity index (χ1) is 13.6. The van der Waals surface area contributed by atoms with Gasteiger partial charge in [0.05, 0.1) is 31.7 Å². The Morgan fingerprint density at radius 1 is 1.18 bits per heavy atom. The van der Waals surface area contributed by atoms with E-state index in [1.165, 1.54) is 0 Å². The van der Waals surface area contributed by atoms with E-state index in [2.05, 4.69) is 26.2 Å². The number of hydrogen-bond acceptors (Lipinski definition) is 5. The summed E-state index contributed by atoms with van der Waals surface area (Å²) >= 11 is 3.41. The number of aromatic nitrogens is 2. The van der Waals surface area contributed by atoms with Crippen molar-refractivity contribution in [1.29, 1.82) is 0 Å². The van der Waals surface area contributed by atoms with Gasteiger partial charge in [0.2, 0.25) is 5.91 Å². The first kappa shape index (κ1) is 19.9. The summed E-state index contributed by atoms with van der Waals surface area (Å²) in [6, 6.07) is 12.9. The molecule has 146 valence electrons. The van der Waals surface area contributed by atoms with E-state index in [1.807, 2.05) is 36.4 Å². The van der Waals surface area contributed by atoms with Crippen molar-refractivity contribution in [2.24, 2.45) is 0 Å². The number of anilines is 1. The molecule has 0 aliphatic rings. The van der Waals surface area contributed by atoms with Crippen LogP contribution in [-0.2, 0) is 20.7 Å². The Morgan fingerprint density at radius 3 is 2.71 bits per heavy atom. The number of imidazole rings is 1. The number of rotatable bonds is 8. The van der Waals surface area contributed by atoms with Gasteiger partial charge >= 0.3 is 5.97 Å². The number of esters is 1. The molecule has 0 atom stereocenters. The molecule has 7 nitrogen and oxygen atoms in total. The molecule has 3 aromatic rings. The highest BCUT2D eigenvalue weighted by Gasteiger charge is 2.18. The molecule has 28 heavy (non-hydrogen) atoms. The molecule has 0 aliphatic carbocycles. The third kappa shape index (κ3) is 5.10. The highest BCUT2D eigenvalue weighted by molar-refractivity contribution is 9.10. The molecule has 1 amide bonds. The van der Waals surface area contributed by atoms with Crippen LogP contribution in [0.4, 0.5) is 5.82 Å². The van der Waals surface area contributed by atoms with Crippen LogP contribution in [0.1, 0.15) is 19.0 Å². The average Bonchev–Trinajstić information content (AvgIpc) is 2.99. The molecule has 3 rings (SSSR count). The van der Waals surface area contributed by atoms with Crippen molar-refractivity contribution in [3.05, 3.63) is 58.8 Å². The van der Waals surface area contributed by atoms with E-state index in [0.29, 0.717) is 22.9 Å². The number of nitrogens with zero attached hydrogens (tertiary/aromatic N) is 2. The smallest absolute Gasteiger partial charge is 0.312 e. The highest BCUT2D eigenvalue weighted by Crippen LogP contribution is 2.22. The summed E-state index contributed by atoms with van der Waals surface area (Å²) in [5.41, 5.74) is 1.08. The molecule has 2 aromatic heterocycles. The molecule has 0 unspecified atom stereocenters. The van der Waals surface area contributed by atoms with Crippen molar-refractivity contribution in [2.75, 3.05) is 18.5 Å². The van der Waals surface area contributed by atoms with Crippen LogP contribution < -0.4 is 10.1 Å². The fourth-order valence-corrected chi connectivity index (χ4v) is 2.98. The maximum atomic E-state index is 12.4. The number of nitrogens with one attached hydrogen (secondary N) is 1. The minimum atomic E-state index is -0.395. The SMILES string of the molecule is CCOC(=O)Cc1nc2ccc(Br)cn2c1NC(=O)CCOc1ccccc1. The van der Waals surface area contributed by atoms with Gasteiger partial charge in [-0.05, 0) is 47.1 Å². The van der Waals surface area contributed by atoms with Crippen LogP contribution in [0, 0.1) is 0 Å². The van der Waals surface area contributed by atoms with Gasteiger partial charge in [0, 0.05) is 10.7 Å². The molecule has 1 aromatic carbocycles. The lowest BCUT2D eigenvalue weighted by atomic mass is 10.3. The van der Waals surface area contributed by atoms with Crippen LogP contribution in [-0.4, -0.2) is 34.5 Å². The standard InChI is InChI=1S/C20H20BrN3O4/c1-2-27-19(26)12-16-20(24-13-14(21)8-9-17(24)22-16)23-18(25)10-11-28-15-6-4-3-5-7-15/h3-9,13H,2,10-12H2,1H3,(H,23,25). The van der Waals surface area contributed by atoms with Crippen molar-refractivity contribution >= 4 is 39.3 Å². The first-order valence-electron chi connectivity index (χ1n) is 8.86. The molecule has 0 radical (unpaired) electrons. The zero-order valence-electron chi connectivity index (χ0n) is 15.4. The summed E-state index contributed by atoms with van der Waals surface area (Å²) in [5.74, 6) is 0.529. The number of carbonyl (C=O) groups excluding carboxylic acids is 2. The van der Waals surface area contributed by atoms with E-state index in [4.69, 9.17) is 9.47 Å². The fraction of sp³-hybridized carbons (Fsp3) is 0.250. The summed E-state index contributed by atoms with van der Waals surface area (Å²) in [7, 11) is 0. The van der Waals surface area contributed by atoms with E-state index in [0.717, 1.165) is 4.47 Å². The third-order valence-corrected chi connectivity index (χ3v) is 4.34. The van der Waals surface area contributed by atoms with Crippen molar-refractivity contribution in [3.8, 4) is 5.75 Å². The molecular formula is C20H20BrN3O4. The van der Waals surface area contributed by atoms with Gasteiger partial charge < -0.3 is 14.8 Å². The number of fused-ring (bicyclic) bond motifs is 1. The van der Waals surface area contributed by atoms with E-state index in [-0.39, 0.29) is 32.0 Å². The average molecular weight is 446 g/mol. The van der Waals surface area contributed by atoms with Crippen molar-refractivity contribution in [3.63, 3.8) is 0 Å². The van der Waals surface area contributed by atoms with E-state index in [1.54, 1.807) is 23.6 Å². The second kappa shape index (κ2) is 9.36. The van der Waals surface area contributed by atoms with Crippen LogP contribution in [0.15, 0.2) is 53.1 Å². The number of pyridine rings is 1. The molecule has 8 heteroatoms. The predicted molar refractivity (Wildman–Crippen MR) is 108 cm³/mol. The van der Waals surface area contributed by atoms with Crippen LogP contribution in [0.3, 0.4) is 0 Å². The Balaban J connectivity index is 1.73. The lowest BCUT2D eigenvalue weighted by Crippen LogP contribution is -2.18. The second-order valence-electron chi connectivity index (χ2n) is 5.92. The molecule has 0 bridgehead atoms. The number of ether oxygens (including phenoxy) is 2. The molecule has 0 spiro atoms. The van der Waals surface area contributed by atoms with Crippen LogP contribution >= 0.6 is 15.9 Å². The molecule has 0 saturated carbocycles. The number of para-hydroxylation sites is 1. The fourth-order valence-electron chi connectivity index (χ4n) is 2.64. The van der Waals surface area contributed by atoms with Crippen molar-refractivity contribution in [1.82, 2.24) is 9.38 Å². The summed E-state index contributed by atoms with van der Waals surface area (Å²) < 4.78 is 13.1. The quantitative estimate of drug-likeness (QED) is 0.535. The Bertz CT molecular complexity index is 972. The van der Waals surface area contributed by atoms with E-state index in [9.17, 15) is 9.59 Å². The summed E-state index contributed by atoms with van der Waals surface area (Å²) in [6.45, 7) is 2.27. The zero-order chi connectivity index (χ0) is 19.9. The zero-order valence-corrected chi connectivity index (χ0v) is 16.9. The van der Waals surface area contributed by atoms with Gasteiger partial charge in [-0.15, -0.1) is 0 Å². The normalized spacial score (nSPS) is 10.6. The first-order valence-corrected chi connectivity index (χ1v) is 9.66. The molecule has 2 heterocycles. The molecule has 1 N–H and O–H groups in total. The van der Waals surface area contributed by atoms with Gasteiger partial charge in [-0.3, -0.25) is 14.0 Å². The number of amides is 1. The Labute approximate surface area is 170 Å². The lowest BCUT2D eigenvalue weighted by Gasteiger charge is -2.09. The maximum absolute atomic E-state index is 12.4. The number of carbonyl (C=O) groups is 2. The van der Waals surface area contributed by atoms with Gasteiger partial charge in [0.15, 0.2) is 0 Å². The lowest BCUT2D eigenvalue weighted by molar-refractivity contribution is -0.142. The number of benzene rings is 1. The Hall–Kier alpha value is -2.87. The molecule has 0 aliphatic heterocycles. The highest BCUT2D eigenvalue weighted by atomic mass is 79.9. The van der Waals surface area contributed by atoms with E-state index < -0.39 is 5.97 Å². The summed E-state index contributed by atoms with van der Waals surface area (Å²) in [4.78, 5) is 28.8. The van der Waals surface area contributed by atoms with Crippen LogP contribution in [0.5, 0.6) is 5.75 Å². The second-order valence-corrected chi connectivity index (χ2v) is 6.84. The number of hydrogen-bond donors (Lipinski definition) is 1. The summed E-state index contributed by atoms with van der Waals surface area (Å²) in [5, 5.41) is 2.85. The van der Waals surface area contributed by atoms with Gasteiger partial charge in [-0.1, -0.05) is 18.2 Å².